The Morgan fingerprint density at radius 2 is 2.07 bits per heavy atom. The highest BCUT2D eigenvalue weighted by Gasteiger charge is 2.20. The first-order chi connectivity index (χ1) is 13.0. The first-order valence-corrected chi connectivity index (χ1v) is 11.5. The summed E-state index contributed by atoms with van der Waals surface area (Å²) < 4.78 is 11.2. The summed E-state index contributed by atoms with van der Waals surface area (Å²) in [4.78, 5) is 16.7. The van der Waals surface area contributed by atoms with Gasteiger partial charge >= 0.3 is 0 Å². The molecule has 152 valence electrons. The molecule has 6 heteroatoms. The van der Waals surface area contributed by atoms with E-state index in [4.69, 9.17) is 9.47 Å². The molecule has 1 aliphatic heterocycles. The topological polar surface area (TPSA) is 48.4 Å². The van der Waals surface area contributed by atoms with E-state index in [1.807, 2.05) is 32.2 Å². The van der Waals surface area contributed by atoms with Crippen LogP contribution in [0.2, 0.25) is 0 Å². The average molecular weight is 412 g/mol. The highest BCUT2D eigenvalue weighted by atomic mass is 32.2. The van der Waals surface area contributed by atoms with Crippen molar-refractivity contribution in [3.05, 3.63) is 23.9 Å². The lowest BCUT2D eigenvalue weighted by Crippen LogP contribution is -2.18. The Morgan fingerprint density at radius 3 is 2.67 bits per heavy atom. The number of carbonyl (C=O) groups is 1. The van der Waals surface area contributed by atoms with E-state index in [0.717, 1.165) is 43.8 Å². The largest absolute Gasteiger partial charge is 0.478 e. The lowest BCUT2D eigenvalue weighted by Gasteiger charge is -2.21. The molecule has 1 aliphatic rings. The van der Waals surface area contributed by atoms with Crippen LogP contribution in [0.1, 0.15) is 57.3 Å². The van der Waals surface area contributed by atoms with Crippen molar-refractivity contribution in [2.24, 2.45) is 11.8 Å². The van der Waals surface area contributed by atoms with Crippen LogP contribution < -0.4 is 4.74 Å². The maximum absolute atomic E-state index is 12.2. The molecule has 0 radical (unpaired) electrons. The van der Waals surface area contributed by atoms with E-state index >= 15 is 0 Å². The third-order valence-electron chi connectivity index (χ3n) is 4.82. The fourth-order valence-electron chi connectivity index (χ4n) is 2.98. The summed E-state index contributed by atoms with van der Waals surface area (Å²) in [6.07, 6.45) is 5.70. The molecule has 2 atom stereocenters. The first-order valence-electron chi connectivity index (χ1n) is 9.94. The number of carbonyl (C=O) groups excluding carboxylic acids is 1. The molecule has 2 rings (SSSR count). The van der Waals surface area contributed by atoms with Gasteiger partial charge in [0.25, 0.3) is 0 Å². The monoisotopic (exact) mass is 411 g/mol. The lowest BCUT2D eigenvalue weighted by atomic mass is 9.97. The summed E-state index contributed by atoms with van der Waals surface area (Å²) in [6.45, 7) is 8.43. The van der Waals surface area contributed by atoms with Gasteiger partial charge in [0.05, 0.1) is 6.61 Å². The quantitative estimate of drug-likeness (QED) is 0.520. The van der Waals surface area contributed by atoms with E-state index in [1.165, 1.54) is 0 Å². The molecule has 27 heavy (non-hydrogen) atoms. The van der Waals surface area contributed by atoms with Gasteiger partial charge in [-0.3, -0.25) is 4.79 Å². The predicted molar refractivity (Wildman–Crippen MR) is 116 cm³/mol. The summed E-state index contributed by atoms with van der Waals surface area (Å²) in [5, 5.41) is 0.422. The number of thiol groups is 1. The molecule has 2 unspecified atom stereocenters. The summed E-state index contributed by atoms with van der Waals surface area (Å²) >= 11 is 6.25. The molecule has 0 aliphatic carbocycles. The third-order valence-corrected chi connectivity index (χ3v) is 6.78. The van der Waals surface area contributed by atoms with Crippen LogP contribution >= 0.6 is 24.4 Å². The number of ether oxygens (including phenoxy) is 2. The normalized spacial score (nSPS) is 17.7. The fourth-order valence-corrected chi connectivity index (χ4v) is 4.36. The minimum atomic E-state index is 0.0577. The lowest BCUT2D eigenvalue weighted by molar-refractivity contribution is -0.121. The zero-order valence-electron chi connectivity index (χ0n) is 16.7. The number of thioether (sulfide) groups is 1. The van der Waals surface area contributed by atoms with Gasteiger partial charge in [-0.15, -0.1) is 0 Å². The van der Waals surface area contributed by atoms with Crippen molar-refractivity contribution in [1.82, 2.24) is 4.98 Å². The van der Waals surface area contributed by atoms with Crippen molar-refractivity contribution in [2.75, 3.05) is 25.6 Å². The van der Waals surface area contributed by atoms with Gasteiger partial charge in [-0.1, -0.05) is 26.8 Å². The molecule has 1 saturated heterocycles. The Bertz CT molecular complexity index is 557. The number of hydrogen-bond donors (Lipinski definition) is 1. The van der Waals surface area contributed by atoms with Crippen LogP contribution in [0, 0.1) is 11.8 Å². The van der Waals surface area contributed by atoms with E-state index in [-0.39, 0.29) is 17.0 Å². The van der Waals surface area contributed by atoms with Crippen LogP contribution in [-0.2, 0) is 9.53 Å². The average Bonchev–Trinajstić information content (AvgIpc) is 2.66. The van der Waals surface area contributed by atoms with Gasteiger partial charge in [0.1, 0.15) is 5.78 Å². The van der Waals surface area contributed by atoms with E-state index in [2.05, 4.69) is 24.5 Å². The first kappa shape index (κ1) is 22.6. The maximum atomic E-state index is 12.2. The van der Waals surface area contributed by atoms with Crippen LogP contribution in [0.15, 0.2) is 18.3 Å². The Labute approximate surface area is 173 Å². The smallest absolute Gasteiger partial charge is 0.213 e. The van der Waals surface area contributed by atoms with Crippen LogP contribution in [0.3, 0.4) is 0 Å². The van der Waals surface area contributed by atoms with E-state index in [1.54, 1.807) is 11.8 Å². The molecule has 4 nitrogen and oxygen atoms in total. The van der Waals surface area contributed by atoms with Gasteiger partial charge in [-0.05, 0) is 30.7 Å². The van der Waals surface area contributed by atoms with Crippen molar-refractivity contribution >= 4 is 30.2 Å². The summed E-state index contributed by atoms with van der Waals surface area (Å²) in [7, 11) is 0. The second-order valence-electron chi connectivity index (χ2n) is 7.62. The molecule has 0 saturated carbocycles. The molecular weight excluding hydrogens is 378 g/mol. The number of hydrogen-bond acceptors (Lipinski definition) is 6. The number of ketones is 1. The zero-order valence-corrected chi connectivity index (χ0v) is 18.4. The SMILES string of the molecule is CC(S)CSC(CC(=O)C(C)C)c1ccc(OCCC2CCOCC2)nc1. The van der Waals surface area contributed by atoms with Crippen LogP contribution in [-0.4, -0.2) is 41.6 Å². The maximum Gasteiger partial charge on any atom is 0.213 e. The number of rotatable bonds is 11. The van der Waals surface area contributed by atoms with Crippen LogP contribution in [0.25, 0.3) is 0 Å². The summed E-state index contributed by atoms with van der Waals surface area (Å²) in [6, 6.07) is 3.97. The molecule has 0 bridgehead atoms. The number of nitrogens with zero attached hydrogens (tertiary/aromatic N) is 1. The minimum Gasteiger partial charge on any atom is -0.478 e. The van der Waals surface area contributed by atoms with Gasteiger partial charge in [-0.25, -0.2) is 4.98 Å². The third kappa shape index (κ3) is 8.44. The van der Waals surface area contributed by atoms with Crippen molar-refractivity contribution in [3.8, 4) is 5.88 Å². The highest BCUT2D eigenvalue weighted by Crippen LogP contribution is 2.34. The second-order valence-corrected chi connectivity index (χ2v) is 9.74. The predicted octanol–water partition coefficient (Wildman–Crippen LogP) is 4.98. The minimum absolute atomic E-state index is 0.0577. The standard InChI is InChI=1S/C21H33NO3S2/c1-15(2)19(23)12-20(27-14-16(3)26)18-4-5-21(22-13-18)25-11-8-17-6-9-24-10-7-17/h4-5,13,15-17,20,26H,6-12,14H2,1-3H3. The number of aromatic nitrogens is 1. The van der Waals surface area contributed by atoms with Crippen LogP contribution in [0.4, 0.5) is 0 Å². The Morgan fingerprint density at radius 1 is 1.33 bits per heavy atom. The number of Topliss-reactive ketones (excluding diaryl/α,β-unsaturated/α-hetero) is 1. The number of pyridine rings is 1. The van der Waals surface area contributed by atoms with Crippen molar-refractivity contribution in [1.29, 1.82) is 0 Å². The van der Waals surface area contributed by atoms with Gasteiger partial charge in [0, 0.05) is 54.1 Å². The van der Waals surface area contributed by atoms with Crippen molar-refractivity contribution in [3.63, 3.8) is 0 Å². The fraction of sp³-hybridized carbons (Fsp3) is 0.714. The summed E-state index contributed by atoms with van der Waals surface area (Å²) in [5.41, 5.74) is 1.08. The second kappa shape index (κ2) is 12.0. The molecule has 0 amide bonds. The molecule has 0 spiro atoms. The molecular formula is C21H33NO3S2. The Hall–Kier alpha value is -0.720. The zero-order chi connectivity index (χ0) is 19.6. The van der Waals surface area contributed by atoms with Gasteiger partial charge in [-0.2, -0.15) is 24.4 Å². The molecule has 1 aromatic rings. The highest BCUT2D eigenvalue weighted by molar-refractivity contribution is 8.00. The van der Waals surface area contributed by atoms with Crippen LogP contribution in [0.5, 0.6) is 5.88 Å². The van der Waals surface area contributed by atoms with Gasteiger partial charge in [0.15, 0.2) is 0 Å². The Balaban J connectivity index is 1.88. The van der Waals surface area contributed by atoms with E-state index in [9.17, 15) is 4.79 Å². The molecule has 1 aromatic heterocycles. The van der Waals surface area contributed by atoms with E-state index in [0.29, 0.717) is 30.1 Å². The van der Waals surface area contributed by atoms with Crippen molar-refractivity contribution in [2.45, 2.75) is 57.0 Å². The molecule has 2 heterocycles. The van der Waals surface area contributed by atoms with Gasteiger partial charge in [0.2, 0.25) is 5.88 Å². The molecule has 0 N–H and O–H groups in total. The summed E-state index contributed by atoms with van der Waals surface area (Å²) in [5.74, 6) is 2.61. The van der Waals surface area contributed by atoms with Crippen molar-refractivity contribution < 1.29 is 14.3 Å². The molecule has 0 aromatic carbocycles. The van der Waals surface area contributed by atoms with E-state index < -0.39 is 0 Å². The Kier molecular flexibility index (Phi) is 10.0. The van der Waals surface area contributed by atoms with Gasteiger partial charge < -0.3 is 9.47 Å². The molecule has 1 fully saturated rings.